The van der Waals surface area contributed by atoms with Crippen LogP contribution in [0.15, 0.2) is 60.7 Å². The Morgan fingerprint density at radius 2 is 1.88 bits per heavy atom. The number of carbonyl (C=O) groups excluding carboxylic acids is 2. The summed E-state index contributed by atoms with van der Waals surface area (Å²) in [6, 6.07) is 18.3. The van der Waals surface area contributed by atoms with Crippen molar-refractivity contribution in [3.05, 3.63) is 60.7 Å². The predicted octanol–water partition coefficient (Wildman–Crippen LogP) is 3.94. The molecule has 3 aromatic rings. The van der Waals surface area contributed by atoms with Crippen molar-refractivity contribution in [3.63, 3.8) is 0 Å². The number of anilines is 2. The number of nitrogens with zero attached hydrogens (tertiary/aromatic N) is 2. The normalized spacial score (nSPS) is 21.8. The van der Waals surface area contributed by atoms with Crippen molar-refractivity contribution in [2.75, 3.05) is 17.7 Å². The maximum absolute atomic E-state index is 12.8. The van der Waals surface area contributed by atoms with E-state index in [9.17, 15) is 9.59 Å². The fraction of sp³-hybridized carbons (Fsp3) is 0.320. The quantitative estimate of drug-likeness (QED) is 0.461. The number of nitrogens with one attached hydrogen (secondary N) is 4. The Balaban J connectivity index is 1.41. The van der Waals surface area contributed by atoms with Gasteiger partial charge < -0.3 is 15.4 Å². The van der Waals surface area contributed by atoms with Crippen LogP contribution in [0.4, 0.5) is 16.3 Å². The van der Waals surface area contributed by atoms with Crippen LogP contribution < -0.4 is 26.0 Å². The number of amides is 3. The van der Waals surface area contributed by atoms with Crippen LogP contribution in [0.2, 0.25) is 0 Å². The van der Waals surface area contributed by atoms with Gasteiger partial charge in [0.2, 0.25) is 5.91 Å². The molecule has 0 radical (unpaired) electrons. The third kappa shape index (κ3) is 4.60. The number of fused-ring (bicyclic) bond motifs is 1. The average Bonchev–Trinajstić information content (AvgIpc) is 3.28. The van der Waals surface area contributed by atoms with E-state index >= 15 is 0 Å². The molecule has 2 aliphatic rings. The van der Waals surface area contributed by atoms with Crippen molar-refractivity contribution in [2.45, 2.75) is 38.0 Å². The highest BCUT2D eigenvalue weighted by Gasteiger charge is 2.38. The number of ether oxygens (including phenoxy) is 1. The zero-order valence-corrected chi connectivity index (χ0v) is 19.0. The number of carbonyl (C=O) groups is 2. The number of hydrogen-bond acceptors (Lipinski definition) is 5. The molecular formula is C25H28N6O3. The Hall–Kier alpha value is -3.85. The van der Waals surface area contributed by atoms with Gasteiger partial charge in [0.1, 0.15) is 11.6 Å². The first kappa shape index (κ1) is 22.0. The molecule has 3 unspecified atom stereocenters. The minimum atomic E-state index is -0.559. The largest absolute Gasteiger partial charge is 0.497 e. The van der Waals surface area contributed by atoms with Crippen molar-refractivity contribution in [1.29, 1.82) is 0 Å². The summed E-state index contributed by atoms with van der Waals surface area (Å²) in [5, 5.41) is 17.0. The van der Waals surface area contributed by atoms with Gasteiger partial charge >= 0.3 is 6.03 Å². The van der Waals surface area contributed by atoms with Gasteiger partial charge in [-0.25, -0.2) is 9.48 Å². The Kier molecular flexibility index (Phi) is 6.18. The maximum atomic E-state index is 12.8. The number of rotatable bonds is 5. The summed E-state index contributed by atoms with van der Waals surface area (Å²) in [4.78, 5) is 25.7. The second-order valence-corrected chi connectivity index (χ2v) is 8.61. The number of benzene rings is 2. The van der Waals surface area contributed by atoms with Gasteiger partial charge in [-0.05, 0) is 25.0 Å². The first-order valence-corrected chi connectivity index (χ1v) is 11.5. The van der Waals surface area contributed by atoms with Crippen LogP contribution in [0.1, 0.15) is 32.0 Å². The molecule has 34 heavy (non-hydrogen) atoms. The van der Waals surface area contributed by atoms with E-state index in [1.54, 1.807) is 42.1 Å². The molecule has 3 atom stereocenters. The summed E-state index contributed by atoms with van der Waals surface area (Å²) in [6.07, 6.45) is 3.44. The van der Waals surface area contributed by atoms with Crippen molar-refractivity contribution in [2.24, 2.45) is 5.92 Å². The van der Waals surface area contributed by atoms with E-state index in [4.69, 9.17) is 9.84 Å². The predicted molar refractivity (Wildman–Crippen MR) is 129 cm³/mol. The number of methoxy groups -OCH3 is 1. The second-order valence-electron chi connectivity index (χ2n) is 8.61. The van der Waals surface area contributed by atoms with Gasteiger partial charge in [-0.15, -0.1) is 0 Å². The molecule has 1 aliphatic heterocycles. The van der Waals surface area contributed by atoms with E-state index in [0.29, 0.717) is 22.9 Å². The second kappa shape index (κ2) is 9.56. The molecule has 9 heteroatoms. The molecular weight excluding hydrogens is 432 g/mol. The van der Waals surface area contributed by atoms with Crippen molar-refractivity contribution >= 4 is 23.4 Å². The molecule has 1 saturated carbocycles. The molecule has 2 aromatic carbocycles. The van der Waals surface area contributed by atoms with E-state index in [0.717, 1.165) is 31.2 Å². The fourth-order valence-corrected chi connectivity index (χ4v) is 4.68. The molecule has 0 bridgehead atoms. The number of hydrogen-bond donors (Lipinski definition) is 4. The highest BCUT2D eigenvalue weighted by molar-refractivity contribution is 5.99. The SMILES string of the molecule is COc1cccc(NC(=O)Nc2cc(-c3ccccc3)nn2C2NC(=O)C3CCCCC3N2)c1. The summed E-state index contributed by atoms with van der Waals surface area (Å²) in [5.41, 5.74) is 2.20. The molecule has 1 aliphatic carbocycles. The van der Waals surface area contributed by atoms with Gasteiger partial charge in [-0.3, -0.25) is 15.4 Å². The number of urea groups is 1. The van der Waals surface area contributed by atoms with E-state index in [1.165, 1.54) is 0 Å². The van der Waals surface area contributed by atoms with Crippen LogP contribution in [0.5, 0.6) is 5.75 Å². The molecule has 176 valence electrons. The molecule has 3 amide bonds. The molecule has 1 saturated heterocycles. The standard InChI is InChI=1S/C25H28N6O3/c1-34-18-11-7-10-17(14-18)26-25(33)28-22-15-21(16-8-3-2-4-9-16)30-31(22)24-27-20-13-6-5-12-19(20)23(32)29-24/h2-4,7-11,14-15,19-20,24,27H,5-6,12-13H2,1H3,(H,29,32)(H2,26,28,33). The van der Waals surface area contributed by atoms with Crippen molar-refractivity contribution in [3.8, 4) is 17.0 Å². The van der Waals surface area contributed by atoms with Gasteiger partial charge in [0.25, 0.3) is 0 Å². The zero-order chi connectivity index (χ0) is 23.5. The average molecular weight is 461 g/mol. The summed E-state index contributed by atoms with van der Waals surface area (Å²) in [5.74, 6) is 1.11. The molecule has 2 fully saturated rings. The minimum absolute atomic E-state index is 0.0250. The molecule has 2 heterocycles. The van der Waals surface area contributed by atoms with Crippen LogP contribution in [-0.4, -0.2) is 34.9 Å². The van der Waals surface area contributed by atoms with Gasteiger partial charge in [0.15, 0.2) is 6.29 Å². The lowest BCUT2D eigenvalue weighted by atomic mass is 9.83. The van der Waals surface area contributed by atoms with Gasteiger partial charge in [0, 0.05) is 29.4 Å². The van der Waals surface area contributed by atoms with Crippen LogP contribution in [0, 0.1) is 5.92 Å². The Morgan fingerprint density at radius 3 is 2.71 bits per heavy atom. The van der Waals surface area contributed by atoms with Gasteiger partial charge in [-0.2, -0.15) is 5.10 Å². The van der Waals surface area contributed by atoms with E-state index in [2.05, 4.69) is 21.3 Å². The summed E-state index contributed by atoms with van der Waals surface area (Å²) < 4.78 is 6.86. The summed E-state index contributed by atoms with van der Waals surface area (Å²) >= 11 is 0. The highest BCUT2D eigenvalue weighted by Crippen LogP contribution is 2.31. The minimum Gasteiger partial charge on any atom is -0.497 e. The van der Waals surface area contributed by atoms with Crippen molar-refractivity contribution < 1.29 is 14.3 Å². The lowest BCUT2D eigenvalue weighted by Crippen LogP contribution is -2.59. The maximum Gasteiger partial charge on any atom is 0.324 e. The molecule has 4 N–H and O–H groups in total. The first-order chi connectivity index (χ1) is 16.6. The van der Waals surface area contributed by atoms with Crippen LogP contribution in [0.25, 0.3) is 11.3 Å². The Labute approximate surface area is 197 Å². The Bertz CT molecular complexity index is 1180. The molecule has 0 spiro atoms. The third-order valence-electron chi connectivity index (χ3n) is 6.37. The lowest BCUT2D eigenvalue weighted by molar-refractivity contribution is -0.132. The molecule has 9 nitrogen and oxygen atoms in total. The van der Waals surface area contributed by atoms with E-state index in [-0.39, 0.29) is 17.9 Å². The van der Waals surface area contributed by atoms with Crippen LogP contribution >= 0.6 is 0 Å². The highest BCUT2D eigenvalue weighted by atomic mass is 16.5. The molecule has 5 rings (SSSR count). The van der Waals surface area contributed by atoms with E-state index in [1.807, 2.05) is 30.3 Å². The van der Waals surface area contributed by atoms with Crippen LogP contribution in [-0.2, 0) is 4.79 Å². The van der Waals surface area contributed by atoms with E-state index < -0.39 is 12.3 Å². The van der Waals surface area contributed by atoms with Crippen molar-refractivity contribution in [1.82, 2.24) is 20.4 Å². The van der Waals surface area contributed by atoms with Gasteiger partial charge in [-0.1, -0.05) is 49.2 Å². The van der Waals surface area contributed by atoms with Gasteiger partial charge in [0.05, 0.1) is 18.7 Å². The zero-order valence-electron chi connectivity index (χ0n) is 19.0. The smallest absolute Gasteiger partial charge is 0.324 e. The topological polar surface area (TPSA) is 109 Å². The monoisotopic (exact) mass is 460 g/mol. The Morgan fingerprint density at radius 1 is 1.06 bits per heavy atom. The third-order valence-corrected chi connectivity index (χ3v) is 6.37. The summed E-state index contributed by atoms with van der Waals surface area (Å²) in [7, 11) is 1.57. The summed E-state index contributed by atoms with van der Waals surface area (Å²) in [6.45, 7) is 0. The number of aromatic nitrogens is 2. The lowest BCUT2D eigenvalue weighted by Gasteiger charge is -2.40. The molecule has 1 aromatic heterocycles. The fourth-order valence-electron chi connectivity index (χ4n) is 4.68. The van der Waals surface area contributed by atoms with Crippen LogP contribution in [0.3, 0.4) is 0 Å². The first-order valence-electron chi connectivity index (χ1n) is 11.5.